The van der Waals surface area contributed by atoms with Crippen LogP contribution < -0.4 is 0 Å². The Hall–Kier alpha value is -1.90. The number of aromatic nitrogens is 1. The van der Waals surface area contributed by atoms with E-state index < -0.39 is 0 Å². The van der Waals surface area contributed by atoms with Crippen molar-refractivity contribution in [2.24, 2.45) is 0 Å². The van der Waals surface area contributed by atoms with Crippen LogP contribution in [0, 0.1) is 13.8 Å². The van der Waals surface area contributed by atoms with E-state index in [9.17, 15) is 4.79 Å². The van der Waals surface area contributed by atoms with Gasteiger partial charge in [-0.3, -0.25) is 9.78 Å². The maximum Gasteiger partial charge on any atom is 0.226 e. The molecule has 3 heteroatoms. The Bertz CT molecular complexity index is 603. The van der Waals surface area contributed by atoms with Gasteiger partial charge in [-0.2, -0.15) is 0 Å². The Labute approximate surface area is 107 Å². The number of amides is 1. The molecule has 2 rings (SSSR count). The number of aryl methyl sites for hydroxylation is 2. The number of para-hydroxylation sites is 1. The molecule has 0 aliphatic carbocycles. The fourth-order valence-electron chi connectivity index (χ4n) is 2.14. The highest BCUT2D eigenvalue weighted by atomic mass is 16.2. The van der Waals surface area contributed by atoms with Gasteiger partial charge in [0, 0.05) is 25.2 Å². The lowest BCUT2D eigenvalue weighted by atomic mass is 9.99. The van der Waals surface area contributed by atoms with Gasteiger partial charge in [-0.1, -0.05) is 18.2 Å². The van der Waals surface area contributed by atoms with Gasteiger partial charge in [0.25, 0.3) is 0 Å². The lowest BCUT2D eigenvalue weighted by Crippen LogP contribution is -2.24. The number of benzene rings is 1. The zero-order valence-electron chi connectivity index (χ0n) is 11.3. The van der Waals surface area contributed by atoms with Crippen LogP contribution in [-0.2, 0) is 11.2 Å². The molecule has 0 saturated heterocycles. The fraction of sp³-hybridized carbons (Fsp3) is 0.333. The smallest absolute Gasteiger partial charge is 0.226 e. The van der Waals surface area contributed by atoms with Crippen LogP contribution in [0.3, 0.4) is 0 Å². The fourth-order valence-corrected chi connectivity index (χ4v) is 2.14. The summed E-state index contributed by atoms with van der Waals surface area (Å²) in [6.45, 7) is 4.03. The molecule has 0 radical (unpaired) electrons. The summed E-state index contributed by atoms with van der Waals surface area (Å²) in [6.07, 6.45) is 0.419. The minimum Gasteiger partial charge on any atom is -0.349 e. The summed E-state index contributed by atoms with van der Waals surface area (Å²) in [7, 11) is 3.56. The standard InChI is InChI=1S/C15H18N2O/c1-10-12-7-5-6-8-14(12)16-11(2)13(10)9-15(18)17(3)4/h5-8H,9H2,1-4H3. The molecule has 2 aromatic rings. The van der Waals surface area contributed by atoms with E-state index in [2.05, 4.69) is 18.0 Å². The summed E-state index contributed by atoms with van der Waals surface area (Å²) >= 11 is 0. The topological polar surface area (TPSA) is 33.2 Å². The molecule has 1 heterocycles. The lowest BCUT2D eigenvalue weighted by Gasteiger charge is -2.15. The van der Waals surface area contributed by atoms with Gasteiger partial charge in [0.1, 0.15) is 0 Å². The third-order valence-corrected chi connectivity index (χ3v) is 3.31. The van der Waals surface area contributed by atoms with Crippen molar-refractivity contribution >= 4 is 16.8 Å². The number of carbonyl (C=O) groups excluding carboxylic acids is 1. The van der Waals surface area contributed by atoms with E-state index in [1.807, 2.05) is 25.1 Å². The average Bonchev–Trinajstić information content (AvgIpc) is 2.34. The van der Waals surface area contributed by atoms with Crippen LogP contribution in [-0.4, -0.2) is 29.9 Å². The summed E-state index contributed by atoms with van der Waals surface area (Å²) < 4.78 is 0. The monoisotopic (exact) mass is 242 g/mol. The Morgan fingerprint density at radius 1 is 1.22 bits per heavy atom. The quantitative estimate of drug-likeness (QED) is 0.810. The number of pyridine rings is 1. The van der Waals surface area contributed by atoms with Crippen LogP contribution in [0.15, 0.2) is 24.3 Å². The predicted octanol–water partition coefficient (Wildman–Crippen LogP) is 2.48. The van der Waals surface area contributed by atoms with Crippen LogP contribution in [0.25, 0.3) is 10.9 Å². The number of nitrogens with zero attached hydrogens (tertiary/aromatic N) is 2. The van der Waals surface area contributed by atoms with Gasteiger partial charge in [0.2, 0.25) is 5.91 Å². The molecule has 0 bridgehead atoms. The van der Waals surface area contributed by atoms with Crippen LogP contribution in [0.1, 0.15) is 16.8 Å². The Kier molecular flexibility index (Phi) is 3.32. The van der Waals surface area contributed by atoms with Crippen molar-refractivity contribution in [1.82, 2.24) is 9.88 Å². The van der Waals surface area contributed by atoms with Crippen molar-refractivity contribution in [3.63, 3.8) is 0 Å². The van der Waals surface area contributed by atoms with Crippen molar-refractivity contribution in [2.45, 2.75) is 20.3 Å². The largest absolute Gasteiger partial charge is 0.349 e. The van der Waals surface area contributed by atoms with E-state index in [-0.39, 0.29) is 5.91 Å². The van der Waals surface area contributed by atoms with Crippen LogP contribution in [0.2, 0.25) is 0 Å². The van der Waals surface area contributed by atoms with Gasteiger partial charge >= 0.3 is 0 Å². The predicted molar refractivity (Wildman–Crippen MR) is 73.6 cm³/mol. The highest BCUT2D eigenvalue weighted by Gasteiger charge is 2.13. The number of hydrogen-bond acceptors (Lipinski definition) is 2. The van der Waals surface area contributed by atoms with E-state index in [4.69, 9.17) is 0 Å². The normalized spacial score (nSPS) is 10.7. The molecular formula is C15H18N2O. The molecule has 0 aliphatic heterocycles. The van der Waals surface area contributed by atoms with Gasteiger partial charge < -0.3 is 4.90 Å². The molecule has 0 aliphatic rings. The number of hydrogen-bond donors (Lipinski definition) is 0. The summed E-state index contributed by atoms with van der Waals surface area (Å²) in [5, 5.41) is 1.13. The van der Waals surface area contributed by atoms with Gasteiger partial charge in [0.15, 0.2) is 0 Å². The number of fused-ring (bicyclic) bond motifs is 1. The summed E-state index contributed by atoms with van der Waals surface area (Å²) in [6, 6.07) is 8.05. The van der Waals surface area contributed by atoms with E-state index in [1.54, 1.807) is 19.0 Å². The maximum atomic E-state index is 11.9. The van der Waals surface area contributed by atoms with Gasteiger partial charge in [-0.05, 0) is 31.0 Å². The summed E-state index contributed by atoms with van der Waals surface area (Å²) in [5.41, 5.74) is 4.15. The molecule has 0 spiro atoms. The van der Waals surface area contributed by atoms with Crippen molar-refractivity contribution in [3.8, 4) is 0 Å². The Morgan fingerprint density at radius 2 is 1.89 bits per heavy atom. The number of carbonyl (C=O) groups is 1. The highest BCUT2D eigenvalue weighted by Crippen LogP contribution is 2.23. The van der Waals surface area contributed by atoms with Gasteiger partial charge in [-0.15, -0.1) is 0 Å². The molecule has 94 valence electrons. The molecular weight excluding hydrogens is 224 g/mol. The first kappa shape index (κ1) is 12.6. The maximum absolute atomic E-state index is 11.9. The summed E-state index contributed by atoms with van der Waals surface area (Å²) in [4.78, 5) is 18.0. The first-order valence-corrected chi connectivity index (χ1v) is 6.05. The van der Waals surface area contributed by atoms with Crippen molar-refractivity contribution in [1.29, 1.82) is 0 Å². The van der Waals surface area contributed by atoms with Crippen molar-refractivity contribution in [2.75, 3.05) is 14.1 Å². The number of rotatable bonds is 2. The summed E-state index contributed by atoms with van der Waals surface area (Å²) in [5.74, 6) is 0.110. The second-order valence-electron chi connectivity index (χ2n) is 4.78. The van der Waals surface area contributed by atoms with E-state index in [0.717, 1.165) is 27.7 Å². The lowest BCUT2D eigenvalue weighted by molar-refractivity contribution is -0.127. The molecule has 0 fully saturated rings. The van der Waals surface area contributed by atoms with Crippen molar-refractivity contribution < 1.29 is 4.79 Å². The molecule has 3 nitrogen and oxygen atoms in total. The van der Waals surface area contributed by atoms with E-state index in [1.165, 1.54) is 0 Å². The van der Waals surface area contributed by atoms with Crippen LogP contribution in [0.5, 0.6) is 0 Å². The highest BCUT2D eigenvalue weighted by molar-refractivity contribution is 5.86. The first-order chi connectivity index (χ1) is 8.50. The molecule has 0 N–H and O–H groups in total. The minimum atomic E-state index is 0.110. The Morgan fingerprint density at radius 3 is 2.56 bits per heavy atom. The SMILES string of the molecule is Cc1nc2ccccc2c(C)c1CC(=O)N(C)C. The molecule has 1 amide bonds. The van der Waals surface area contributed by atoms with Crippen LogP contribution in [0.4, 0.5) is 0 Å². The van der Waals surface area contributed by atoms with Crippen LogP contribution >= 0.6 is 0 Å². The molecule has 0 unspecified atom stereocenters. The molecule has 1 aromatic heterocycles. The third-order valence-electron chi connectivity index (χ3n) is 3.31. The molecule has 18 heavy (non-hydrogen) atoms. The Balaban J connectivity index is 2.54. The third kappa shape index (κ3) is 2.21. The van der Waals surface area contributed by atoms with E-state index in [0.29, 0.717) is 6.42 Å². The molecule has 0 saturated carbocycles. The zero-order valence-corrected chi connectivity index (χ0v) is 11.3. The molecule has 0 atom stereocenters. The first-order valence-electron chi connectivity index (χ1n) is 6.05. The number of likely N-dealkylation sites (N-methyl/N-ethyl adjacent to an activating group) is 1. The van der Waals surface area contributed by atoms with Gasteiger partial charge in [0.05, 0.1) is 11.9 Å². The van der Waals surface area contributed by atoms with Gasteiger partial charge in [-0.25, -0.2) is 0 Å². The molecule has 1 aromatic carbocycles. The minimum absolute atomic E-state index is 0.110. The second kappa shape index (κ2) is 4.77. The second-order valence-corrected chi connectivity index (χ2v) is 4.78. The van der Waals surface area contributed by atoms with E-state index >= 15 is 0 Å². The average molecular weight is 242 g/mol. The zero-order chi connectivity index (χ0) is 13.3. The van der Waals surface area contributed by atoms with Crippen molar-refractivity contribution in [3.05, 3.63) is 41.1 Å².